The third-order valence-corrected chi connectivity index (χ3v) is 12.2. The molecular formula is C54H92N4O13. The van der Waals surface area contributed by atoms with Crippen LogP contribution in [0.15, 0.2) is 48.5 Å². The van der Waals surface area contributed by atoms with Crippen molar-refractivity contribution in [1.82, 2.24) is 10.2 Å². The molecule has 2 aliphatic heterocycles. The van der Waals surface area contributed by atoms with Crippen molar-refractivity contribution in [2.75, 3.05) is 141 Å². The number of aliphatic hydroxyl groups is 2. The van der Waals surface area contributed by atoms with E-state index in [0.717, 1.165) is 63.7 Å². The number of aliphatic hydroxyl groups excluding tert-OH is 2. The van der Waals surface area contributed by atoms with Gasteiger partial charge >= 0.3 is 0 Å². The first-order chi connectivity index (χ1) is 34.0. The first-order valence-corrected chi connectivity index (χ1v) is 26.2. The monoisotopic (exact) mass is 1000 g/mol. The van der Waals surface area contributed by atoms with Crippen molar-refractivity contribution in [3.8, 4) is 0 Å². The van der Waals surface area contributed by atoms with Crippen LogP contribution >= 0.6 is 0 Å². The molecule has 2 aromatic carbocycles. The van der Waals surface area contributed by atoms with E-state index in [-0.39, 0.29) is 73.9 Å². The van der Waals surface area contributed by atoms with Crippen LogP contribution in [0.2, 0.25) is 0 Å². The maximum absolute atomic E-state index is 13.2. The average Bonchev–Trinajstić information content (AvgIpc) is 3.37. The number of nitrogens with zero attached hydrogens (tertiary/aromatic N) is 3. The van der Waals surface area contributed by atoms with Gasteiger partial charge in [0.25, 0.3) is 0 Å². The van der Waals surface area contributed by atoms with E-state index < -0.39 is 12.2 Å². The van der Waals surface area contributed by atoms with Crippen molar-refractivity contribution in [2.24, 2.45) is 0 Å². The smallest absolute Gasteiger partial charge is 0.193 e. The number of hydrogen-bond acceptors (Lipinski definition) is 17. The van der Waals surface area contributed by atoms with Crippen LogP contribution in [0.5, 0.6) is 0 Å². The molecule has 0 saturated carbocycles. The third-order valence-electron chi connectivity index (χ3n) is 12.2. The minimum atomic E-state index is -0.597. The number of ketones is 1. The second-order valence-corrected chi connectivity index (χ2v) is 19.8. The molecule has 2 aromatic rings. The van der Waals surface area contributed by atoms with E-state index in [2.05, 4.69) is 20.0 Å². The molecule has 11 unspecified atom stereocenters. The number of benzene rings is 2. The summed E-state index contributed by atoms with van der Waals surface area (Å²) in [5.41, 5.74) is 3.64. The van der Waals surface area contributed by atoms with E-state index in [0.29, 0.717) is 77.1 Å². The number of β-amino-alcohol motifs (C(OH)–C–C–N with tert-alkyl or cyclic N) is 1. The van der Waals surface area contributed by atoms with Crippen LogP contribution in [-0.4, -0.2) is 220 Å². The first-order valence-electron chi connectivity index (χ1n) is 26.2. The van der Waals surface area contributed by atoms with Gasteiger partial charge in [-0.05, 0) is 118 Å². The normalized spacial score (nSPS) is 19.6. The Balaban J connectivity index is 0.956. The quantitative estimate of drug-likeness (QED) is 0.0784. The van der Waals surface area contributed by atoms with Gasteiger partial charge in [-0.25, -0.2) is 0 Å². The van der Waals surface area contributed by atoms with Crippen molar-refractivity contribution in [1.29, 1.82) is 0 Å². The van der Waals surface area contributed by atoms with Crippen LogP contribution in [0.1, 0.15) is 85.2 Å². The second-order valence-electron chi connectivity index (χ2n) is 19.8. The highest BCUT2D eigenvalue weighted by molar-refractivity contribution is 6.09. The fourth-order valence-electron chi connectivity index (χ4n) is 7.78. The first kappa shape index (κ1) is 60.7. The number of piperazine rings is 2. The van der Waals surface area contributed by atoms with Crippen LogP contribution in [-0.2, 0) is 47.4 Å². The highest BCUT2D eigenvalue weighted by Crippen LogP contribution is 2.22. The molecule has 0 aliphatic carbocycles. The topological polar surface area (TPSA) is 172 Å². The van der Waals surface area contributed by atoms with E-state index in [9.17, 15) is 15.0 Å². The fourth-order valence-corrected chi connectivity index (χ4v) is 7.78. The van der Waals surface area contributed by atoms with Crippen LogP contribution in [0, 0.1) is 0 Å². The Morgan fingerprint density at radius 2 is 0.746 bits per heavy atom. The summed E-state index contributed by atoms with van der Waals surface area (Å²) in [5.74, 6) is 0.0316. The molecule has 2 saturated heterocycles. The third kappa shape index (κ3) is 25.3. The maximum Gasteiger partial charge on any atom is 0.193 e. The summed E-state index contributed by atoms with van der Waals surface area (Å²) in [6.45, 7) is 31.6. The Hall–Kier alpha value is -2.85. The molecule has 11 atom stereocenters. The van der Waals surface area contributed by atoms with Gasteiger partial charge in [-0.1, -0.05) is 0 Å². The van der Waals surface area contributed by atoms with Gasteiger partial charge in [0.2, 0.25) is 0 Å². The summed E-state index contributed by atoms with van der Waals surface area (Å²) in [6, 6.07) is 15.9. The number of anilines is 2. The predicted octanol–water partition coefficient (Wildman–Crippen LogP) is 4.85. The van der Waals surface area contributed by atoms with E-state index in [1.54, 1.807) is 6.92 Å². The summed E-state index contributed by atoms with van der Waals surface area (Å²) in [6.07, 6.45) is -2.09. The van der Waals surface area contributed by atoms with Crippen molar-refractivity contribution in [2.45, 2.75) is 136 Å². The van der Waals surface area contributed by atoms with Gasteiger partial charge in [0.1, 0.15) is 0 Å². The summed E-state index contributed by atoms with van der Waals surface area (Å²) in [7, 11) is 0. The molecule has 0 aromatic heterocycles. The lowest BCUT2D eigenvalue weighted by Gasteiger charge is -2.37. The molecular weight excluding hydrogens is 913 g/mol. The van der Waals surface area contributed by atoms with Gasteiger partial charge in [0, 0.05) is 81.4 Å². The van der Waals surface area contributed by atoms with Gasteiger partial charge in [0.05, 0.1) is 140 Å². The van der Waals surface area contributed by atoms with E-state index in [1.165, 1.54) is 0 Å². The largest absolute Gasteiger partial charge is 0.391 e. The van der Waals surface area contributed by atoms with Gasteiger partial charge in [-0.2, -0.15) is 0 Å². The molecule has 3 N–H and O–H groups in total. The zero-order chi connectivity index (χ0) is 51.5. The molecule has 17 heteroatoms. The van der Waals surface area contributed by atoms with E-state index in [1.807, 2.05) is 111 Å². The lowest BCUT2D eigenvalue weighted by atomic mass is 10.0. The standard InChI is InChI=1S/C54H92N4O13/c1-39(59)28-63-41(3)30-65-43(5)32-67-45(7)34-69-47(9)36-71-48(10)37-70-46(8)35-68-44(6)33-66-42(4)31-64-40(2)29-62-38-53(60)27-56-23-25-58(26-24-56)52-17-13-50(14-18-52)54(61)49-11-15-51(16-12-49)57-21-19-55-20-22-57/h11-18,39-48,53,55,59-60H,19-38H2,1-10H3. The highest BCUT2D eigenvalue weighted by Gasteiger charge is 2.22. The Labute approximate surface area is 426 Å². The zero-order valence-corrected chi connectivity index (χ0v) is 44.8. The number of carbonyl (C=O) groups is 1. The maximum atomic E-state index is 13.2. The molecule has 2 fully saturated rings. The molecule has 2 aliphatic rings. The van der Waals surface area contributed by atoms with Crippen LogP contribution in [0.3, 0.4) is 0 Å². The number of hydrogen-bond donors (Lipinski definition) is 3. The molecule has 2 heterocycles. The minimum absolute atomic E-state index is 0.0316. The highest BCUT2D eigenvalue weighted by atomic mass is 16.6. The summed E-state index contributed by atoms with van der Waals surface area (Å²) >= 11 is 0. The molecule has 71 heavy (non-hydrogen) atoms. The van der Waals surface area contributed by atoms with Gasteiger partial charge in [-0.15, -0.1) is 0 Å². The summed E-state index contributed by atoms with van der Waals surface area (Å²) in [5, 5.41) is 23.5. The van der Waals surface area contributed by atoms with Crippen LogP contribution in [0.4, 0.5) is 11.4 Å². The zero-order valence-electron chi connectivity index (χ0n) is 44.8. The van der Waals surface area contributed by atoms with Gasteiger partial charge in [0.15, 0.2) is 5.78 Å². The van der Waals surface area contributed by atoms with Gasteiger partial charge in [-0.3, -0.25) is 9.69 Å². The Kier molecular flexibility index (Phi) is 29.0. The van der Waals surface area contributed by atoms with Crippen molar-refractivity contribution < 1.29 is 62.4 Å². The van der Waals surface area contributed by atoms with Crippen molar-refractivity contribution in [3.05, 3.63) is 59.7 Å². The molecule has 17 nitrogen and oxygen atoms in total. The van der Waals surface area contributed by atoms with Crippen LogP contribution in [0.25, 0.3) is 0 Å². The lowest BCUT2D eigenvalue weighted by Crippen LogP contribution is -2.49. The molecule has 0 spiro atoms. The number of carbonyl (C=O) groups excluding carboxylic acids is 1. The minimum Gasteiger partial charge on any atom is -0.391 e. The lowest BCUT2D eigenvalue weighted by molar-refractivity contribution is -0.112. The van der Waals surface area contributed by atoms with Gasteiger partial charge < -0.3 is 72.7 Å². The van der Waals surface area contributed by atoms with E-state index in [4.69, 9.17) is 47.4 Å². The van der Waals surface area contributed by atoms with Crippen LogP contribution < -0.4 is 15.1 Å². The average molecular weight is 1010 g/mol. The molecule has 0 amide bonds. The number of nitrogens with one attached hydrogen (secondary N) is 1. The fraction of sp³-hybridized carbons (Fsp3) is 0.759. The second kappa shape index (κ2) is 33.9. The van der Waals surface area contributed by atoms with Crippen molar-refractivity contribution >= 4 is 17.2 Å². The SMILES string of the molecule is CC(O)COC(C)COC(C)COC(C)COC(C)COC(C)COC(C)COC(C)COC(C)COC(C)COCC(O)CN1CCN(c2ccc(C(=O)c3ccc(N4CCNCC4)cc3)cc2)CC1. The number of ether oxygens (including phenoxy) is 10. The molecule has 0 radical (unpaired) electrons. The van der Waals surface area contributed by atoms with E-state index >= 15 is 0 Å². The predicted molar refractivity (Wildman–Crippen MR) is 277 cm³/mol. The summed E-state index contributed by atoms with van der Waals surface area (Å²) in [4.78, 5) is 20.2. The van der Waals surface area contributed by atoms with Crippen molar-refractivity contribution in [3.63, 3.8) is 0 Å². The Bertz CT molecular complexity index is 1680. The Morgan fingerprint density at radius 1 is 0.437 bits per heavy atom. The molecule has 4 rings (SSSR count). The summed E-state index contributed by atoms with van der Waals surface area (Å²) < 4.78 is 58.9. The molecule has 406 valence electrons. The Morgan fingerprint density at radius 3 is 1.08 bits per heavy atom. The molecule has 0 bridgehead atoms. The number of rotatable bonds is 37.